The summed E-state index contributed by atoms with van der Waals surface area (Å²) < 4.78 is 9.03. The molecule has 2 nitrogen and oxygen atoms in total. The van der Waals surface area contributed by atoms with E-state index < -0.39 is 6.10 Å². The van der Waals surface area contributed by atoms with Gasteiger partial charge in [-0.25, -0.2) is 0 Å². The molecular formula is C13H9Br3O2S. The van der Waals surface area contributed by atoms with E-state index in [4.69, 9.17) is 4.74 Å². The van der Waals surface area contributed by atoms with Gasteiger partial charge < -0.3 is 9.84 Å². The van der Waals surface area contributed by atoms with Crippen LogP contribution in [0.1, 0.15) is 29.1 Å². The molecule has 1 N–H and O–H groups in total. The Balaban J connectivity index is 1.96. The van der Waals surface area contributed by atoms with E-state index in [0.717, 1.165) is 28.9 Å². The lowest BCUT2D eigenvalue weighted by Gasteiger charge is -2.29. The maximum Gasteiger partial charge on any atom is 0.136 e. The number of benzene rings is 1. The average Bonchev–Trinajstić information content (AvgIpc) is 2.69. The molecule has 1 aromatic heterocycles. The molecule has 1 aliphatic heterocycles. The number of fused-ring (bicyclic) bond motifs is 1. The van der Waals surface area contributed by atoms with Crippen LogP contribution in [0.25, 0.3) is 0 Å². The van der Waals surface area contributed by atoms with Gasteiger partial charge in [-0.2, -0.15) is 0 Å². The van der Waals surface area contributed by atoms with E-state index in [1.54, 1.807) is 11.3 Å². The lowest BCUT2D eigenvalue weighted by molar-refractivity contribution is 0.0673. The molecule has 0 fully saturated rings. The molecule has 1 aromatic carbocycles. The lowest BCUT2D eigenvalue weighted by Crippen LogP contribution is -2.18. The van der Waals surface area contributed by atoms with Crippen LogP contribution in [0.2, 0.25) is 0 Å². The fourth-order valence-electron chi connectivity index (χ4n) is 2.11. The maximum atomic E-state index is 10.2. The minimum atomic E-state index is -0.485. The molecule has 2 aromatic rings. The second-order valence-corrected chi connectivity index (χ2v) is 8.48. The van der Waals surface area contributed by atoms with E-state index in [-0.39, 0.29) is 6.10 Å². The van der Waals surface area contributed by atoms with E-state index in [2.05, 4.69) is 47.8 Å². The molecular weight excluding hydrogens is 460 g/mol. The van der Waals surface area contributed by atoms with Gasteiger partial charge in [-0.15, -0.1) is 11.3 Å². The SMILES string of the molecule is O[C@@H]1CC(c2cc(Br)c(Br)s2)Oc2cc(Br)ccc21. The average molecular weight is 469 g/mol. The molecule has 0 radical (unpaired) electrons. The highest BCUT2D eigenvalue weighted by atomic mass is 79.9. The summed E-state index contributed by atoms with van der Waals surface area (Å²) >= 11 is 12.0. The molecule has 100 valence electrons. The molecule has 0 saturated carbocycles. The number of aliphatic hydroxyl groups excluding tert-OH is 1. The Morgan fingerprint density at radius 1 is 1.21 bits per heavy atom. The highest BCUT2D eigenvalue weighted by Crippen LogP contribution is 2.45. The minimum Gasteiger partial charge on any atom is -0.484 e. The number of halogens is 3. The maximum absolute atomic E-state index is 10.2. The van der Waals surface area contributed by atoms with E-state index in [0.29, 0.717) is 6.42 Å². The van der Waals surface area contributed by atoms with Gasteiger partial charge in [0.1, 0.15) is 11.9 Å². The number of thiophene rings is 1. The topological polar surface area (TPSA) is 29.5 Å². The van der Waals surface area contributed by atoms with Gasteiger partial charge in [0.25, 0.3) is 0 Å². The molecule has 0 bridgehead atoms. The van der Waals surface area contributed by atoms with Crippen molar-refractivity contribution in [3.05, 3.63) is 47.4 Å². The molecule has 0 saturated heterocycles. The first kappa shape index (κ1) is 14.1. The normalized spacial score (nSPS) is 21.9. The Hall–Kier alpha value is 0.120. The third kappa shape index (κ3) is 2.78. The van der Waals surface area contributed by atoms with Crippen LogP contribution in [0.15, 0.2) is 37.0 Å². The predicted octanol–water partition coefficient (Wildman–Crippen LogP) is 5.59. The summed E-state index contributed by atoms with van der Waals surface area (Å²) in [5.41, 5.74) is 0.856. The molecule has 2 atom stereocenters. The van der Waals surface area contributed by atoms with Crippen LogP contribution in [0, 0.1) is 0 Å². The van der Waals surface area contributed by atoms with Crippen molar-refractivity contribution in [1.29, 1.82) is 0 Å². The smallest absolute Gasteiger partial charge is 0.136 e. The molecule has 6 heteroatoms. The third-order valence-corrected chi connectivity index (χ3v) is 6.86. The van der Waals surface area contributed by atoms with Crippen LogP contribution >= 0.6 is 59.1 Å². The number of hydrogen-bond acceptors (Lipinski definition) is 3. The van der Waals surface area contributed by atoms with Gasteiger partial charge in [0.05, 0.1) is 9.89 Å². The molecule has 1 unspecified atom stereocenters. The summed E-state index contributed by atoms with van der Waals surface area (Å²) in [6, 6.07) is 7.77. The summed E-state index contributed by atoms with van der Waals surface area (Å²) in [6.07, 6.45) is -0.0144. The Bertz CT molecular complexity index is 607. The molecule has 2 heterocycles. The monoisotopic (exact) mass is 466 g/mol. The Kier molecular flexibility index (Phi) is 4.06. The first-order valence-electron chi connectivity index (χ1n) is 5.63. The second-order valence-electron chi connectivity index (χ2n) is 4.31. The van der Waals surface area contributed by atoms with Crippen molar-refractivity contribution >= 4 is 59.1 Å². The third-order valence-electron chi connectivity index (χ3n) is 3.02. The van der Waals surface area contributed by atoms with E-state index >= 15 is 0 Å². The van der Waals surface area contributed by atoms with Crippen molar-refractivity contribution in [3.8, 4) is 5.75 Å². The Morgan fingerprint density at radius 3 is 2.68 bits per heavy atom. The van der Waals surface area contributed by atoms with Gasteiger partial charge in [-0.1, -0.05) is 22.0 Å². The highest BCUT2D eigenvalue weighted by Gasteiger charge is 2.29. The number of hydrogen-bond donors (Lipinski definition) is 1. The fraction of sp³-hybridized carbons (Fsp3) is 0.231. The van der Waals surface area contributed by atoms with Gasteiger partial charge in [-0.05, 0) is 50.1 Å². The van der Waals surface area contributed by atoms with Gasteiger partial charge in [0.2, 0.25) is 0 Å². The highest BCUT2D eigenvalue weighted by molar-refractivity contribution is 9.13. The van der Waals surface area contributed by atoms with E-state index in [1.165, 1.54) is 0 Å². The van der Waals surface area contributed by atoms with Crippen LogP contribution in [0.5, 0.6) is 5.75 Å². The van der Waals surface area contributed by atoms with Crippen LogP contribution in [0.4, 0.5) is 0 Å². The molecule has 0 amide bonds. The molecule has 0 aliphatic carbocycles. The van der Waals surface area contributed by atoms with Crippen LogP contribution in [-0.4, -0.2) is 5.11 Å². The second kappa shape index (κ2) is 5.48. The largest absolute Gasteiger partial charge is 0.484 e. The zero-order chi connectivity index (χ0) is 13.6. The first-order valence-corrected chi connectivity index (χ1v) is 8.83. The number of ether oxygens (including phenoxy) is 1. The predicted molar refractivity (Wildman–Crippen MR) is 86.8 cm³/mol. The molecule has 3 rings (SSSR count). The van der Waals surface area contributed by atoms with Crippen LogP contribution < -0.4 is 4.74 Å². The van der Waals surface area contributed by atoms with Crippen molar-refractivity contribution in [2.24, 2.45) is 0 Å². The van der Waals surface area contributed by atoms with Gasteiger partial charge >= 0.3 is 0 Å². The minimum absolute atomic E-state index is 0.107. The summed E-state index contributed by atoms with van der Waals surface area (Å²) in [5.74, 6) is 0.749. The Morgan fingerprint density at radius 2 is 2.00 bits per heavy atom. The van der Waals surface area contributed by atoms with Gasteiger partial charge in [0.15, 0.2) is 0 Å². The quantitative estimate of drug-likeness (QED) is 0.591. The summed E-state index contributed by atoms with van der Waals surface area (Å²) in [7, 11) is 0. The van der Waals surface area contributed by atoms with Gasteiger partial charge in [0, 0.05) is 25.8 Å². The molecule has 0 spiro atoms. The Labute approximate surface area is 140 Å². The van der Waals surface area contributed by atoms with E-state index in [9.17, 15) is 5.11 Å². The molecule has 1 aliphatic rings. The number of aliphatic hydroxyl groups is 1. The lowest BCUT2D eigenvalue weighted by atomic mass is 9.98. The van der Waals surface area contributed by atoms with Crippen molar-refractivity contribution in [2.75, 3.05) is 0 Å². The van der Waals surface area contributed by atoms with Crippen LogP contribution in [-0.2, 0) is 0 Å². The van der Waals surface area contributed by atoms with E-state index in [1.807, 2.05) is 24.3 Å². The van der Waals surface area contributed by atoms with Crippen molar-refractivity contribution < 1.29 is 9.84 Å². The standard InChI is InChI=1S/C13H9Br3O2S/c14-6-1-2-7-9(17)5-11(18-10(7)3-6)12-4-8(15)13(16)19-12/h1-4,9,11,17H,5H2/t9-,11?/m1/s1. The molecule has 19 heavy (non-hydrogen) atoms. The summed E-state index contributed by atoms with van der Waals surface area (Å²) in [4.78, 5) is 1.10. The van der Waals surface area contributed by atoms with Crippen LogP contribution in [0.3, 0.4) is 0 Å². The fourth-order valence-corrected chi connectivity index (χ4v) is 4.59. The van der Waals surface area contributed by atoms with Gasteiger partial charge in [-0.3, -0.25) is 0 Å². The summed E-state index contributed by atoms with van der Waals surface area (Å²) in [6.45, 7) is 0. The first-order chi connectivity index (χ1) is 9.04. The number of rotatable bonds is 1. The van der Waals surface area contributed by atoms with Crippen molar-refractivity contribution in [1.82, 2.24) is 0 Å². The zero-order valence-electron chi connectivity index (χ0n) is 9.57. The van der Waals surface area contributed by atoms with Crippen molar-refractivity contribution in [3.63, 3.8) is 0 Å². The van der Waals surface area contributed by atoms with Crippen molar-refractivity contribution in [2.45, 2.75) is 18.6 Å². The summed E-state index contributed by atoms with van der Waals surface area (Å²) in [5, 5.41) is 10.2. The zero-order valence-corrected chi connectivity index (χ0v) is 15.1.